The number of benzene rings is 2. The molecule has 0 radical (unpaired) electrons. The van der Waals surface area contributed by atoms with E-state index in [0.29, 0.717) is 61.3 Å². The molecule has 204 valence electrons. The molecular weight excluding hydrogens is 488 g/mol. The Morgan fingerprint density at radius 2 is 1.71 bits per heavy atom. The Balaban J connectivity index is 1.76. The van der Waals surface area contributed by atoms with Crippen LogP contribution in [0.5, 0.6) is 17.2 Å². The normalized spacial score (nSPS) is 19.6. The molecule has 1 amide bonds. The summed E-state index contributed by atoms with van der Waals surface area (Å²) in [6.07, 6.45) is 0.875. The number of hydrogen-bond acceptors (Lipinski definition) is 8. The predicted molar refractivity (Wildman–Crippen MR) is 143 cm³/mol. The number of aliphatic hydroxyl groups excluding tert-OH is 1. The summed E-state index contributed by atoms with van der Waals surface area (Å²) in [6.45, 7) is 8.19. The van der Waals surface area contributed by atoms with Gasteiger partial charge in [-0.25, -0.2) is 0 Å². The van der Waals surface area contributed by atoms with E-state index in [4.69, 9.17) is 18.9 Å². The van der Waals surface area contributed by atoms with Crippen molar-refractivity contribution in [3.8, 4) is 17.2 Å². The SMILES string of the molecule is CCCOc1ccc(/C(O)=C2/C(=O)C(=O)N(CCN3CCOCC3)C2c2ccc(OC)c(OC)c2)cc1C. The number of Topliss-reactive ketones (excluding diaryl/α,β-unsaturated/α-hetero) is 1. The Bertz CT molecular complexity index is 1200. The van der Waals surface area contributed by atoms with Crippen LogP contribution in [-0.2, 0) is 14.3 Å². The number of aryl methyl sites for hydroxylation is 1. The number of likely N-dealkylation sites (tertiary alicyclic amines) is 1. The summed E-state index contributed by atoms with van der Waals surface area (Å²) < 4.78 is 22.1. The quantitative estimate of drug-likeness (QED) is 0.286. The van der Waals surface area contributed by atoms with Crippen LogP contribution in [0.3, 0.4) is 0 Å². The van der Waals surface area contributed by atoms with Crippen LogP contribution in [0, 0.1) is 6.92 Å². The van der Waals surface area contributed by atoms with Gasteiger partial charge in [0.1, 0.15) is 11.5 Å². The maximum atomic E-state index is 13.4. The van der Waals surface area contributed by atoms with Crippen LogP contribution in [0.2, 0.25) is 0 Å². The number of hydrogen-bond donors (Lipinski definition) is 1. The molecule has 2 fully saturated rings. The highest BCUT2D eigenvalue weighted by atomic mass is 16.5. The lowest BCUT2D eigenvalue weighted by molar-refractivity contribution is -0.140. The van der Waals surface area contributed by atoms with Crippen molar-refractivity contribution in [1.82, 2.24) is 9.80 Å². The Hall–Kier alpha value is -3.56. The van der Waals surface area contributed by atoms with Gasteiger partial charge in [-0.3, -0.25) is 14.5 Å². The van der Waals surface area contributed by atoms with Crippen molar-refractivity contribution in [1.29, 1.82) is 0 Å². The number of amides is 1. The lowest BCUT2D eigenvalue weighted by Crippen LogP contribution is -2.42. The van der Waals surface area contributed by atoms with Gasteiger partial charge in [-0.15, -0.1) is 0 Å². The van der Waals surface area contributed by atoms with Crippen LogP contribution in [0.25, 0.3) is 5.76 Å². The predicted octanol–water partition coefficient (Wildman–Crippen LogP) is 3.55. The van der Waals surface area contributed by atoms with Crippen LogP contribution in [0.4, 0.5) is 0 Å². The van der Waals surface area contributed by atoms with Gasteiger partial charge >= 0.3 is 0 Å². The largest absolute Gasteiger partial charge is 0.507 e. The highest BCUT2D eigenvalue weighted by Crippen LogP contribution is 2.42. The Kier molecular flexibility index (Phi) is 8.91. The molecule has 9 nitrogen and oxygen atoms in total. The van der Waals surface area contributed by atoms with Crippen molar-refractivity contribution < 1.29 is 33.6 Å². The molecule has 2 aromatic carbocycles. The van der Waals surface area contributed by atoms with Crippen LogP contribution in [-0.4, -0.2) is 86.8 Å². The summed E-state index contributed by atoms with van der Waals surface area (Å²) in [5.41, 5.74) is 1.96. The molecule has 0 saturated carbocycles. The van der Waals surface area contributed by atoms with Crippen molar-refractivity contribution in [2.75, 3.05) is 60.2 Å². The summed E-state index contributed by atoms with van der Waals surface area (Å²) in [6, 6.07) is 9.75. The van der Waals surface area contributed by atoms with Gasteiger partial charge < -0.3 is 29.0 Å². The van der Waals surface area contributed by atoms with Crippen LogP contribution in [0.15, 0.2) is 42.0 Å². The molecule has 0 bridgehead atoms. The molecule has 2 saturated heterocycles. The summed E-state index contributed by atoms with van der Waals surface area (Å²) in [5.74, 6) is 0.136. The molecule has 1 atom stereocenters. The number of aliphatic hydroxyl groups is 1. The first-order valence-electron chi connectivity index (χ1n) is 12.9. The molecule has 9 heteroatoms. The standard InChI is InChI=1S/C29H36N2O7/c1-5-14-38-22-8-7-21(17-19(22)2)27(32)25-26(20-6-9-23(35-3)24(18-20)36-4)31(29(34)28(25)33)11-10-30-12-15-37-16-13-30/h6-9,17-18,26,32H,5,10-16H2,1-4H3/b27-25-. The highest BCUT2D eigenvalue weighted by molar-refractivity contribution is 6.46. The first kappa shape index (κ1) is 27.5. The van der Waals surface area contributed by atoms with Crippen molar-refractivity contribution in [2.45, 2.75) is 26.3 Å². The number of rotatable bonds is 10. The monoisotopic (exact) mass is 524 g/mol. The number of morpholine rings is 1. The van der Waals surface area contributed by atoms with Gasteiger partial charge in [-0.05, 0) is 54.8 Å². The lowest BCUT2D eigenvalue weighted by Gasteiger charge is -2.31. The zero-order chi connectivity index (χ0) is 27.2. The Morgan fingerprint density at radius 3 is 2.37 bits per heavy atom. The van der Waals surface area contributed by atoms with Gasteiger partial charge in [0.2, 0.25) is 0 Å². The van der Waals surface area contributed by atoms with Crippen molar-refractivity contribution in [3.63, 3.8) is 0 Å². The minimum Gasteiger partial charge on any atom is -0.507 e. The van der Waals surface area contributed by atoms with Gasteiger partial charge in [0.15, 0.2) is 11.5 Å². The first-order chi connectivity index (χ1) is 18.4. The molecule has 0 aromatic heterocycles. The van der Waals surface area contributed by atoms with Crippen LogP contribution in [0.1, 0.15) is 36.1 Å². The number of methoxy groups -OCH3 is 2. The van der Waals surface area contributed by atoms with E-state index in [1.807, 2.05) is 13.8 Å². The number of carbonyl (C=O) groups is 2. The molecule has 2 aliphatic heterocycles. The highest BCUT2D eigenvalue weighted by Gasteiger charge is 2.46. The maximum Gasteiger partial charge on any atom is 0.295 e. The smallest absolute Gasteiger partial charge is 0.295 e. The summed E-state index contributed by atoms with van der Waals surface area (Å²) >= 11 is 0. The van der Waals surface area contributed by atoms with E-state index >= 15 is 0 Å². The fourth-order valence-electron chi connectivity index (χ4n) is 4.88. The molecule has 0 spiro atoms. The van der Waals surface area contributed by atoms with Crippen LogP contribution < -0.4 is 14.2 Å². The second kappa shape index (κ2) is 12.3. The third-order valence-corrected chi connectivity index (χ3v) is 6.93. The average Bonchev–Trinajstić information content (AvgIpc) is 3.20. The first-order valence-corrected chi connectivity index (χ1v) is 12.9. The van der Waals surface area contributed by atoms with Gasteiger partial charge in [-0.1, -0.05) is 13.0 Å². The molecule has 4 rings (SSSR count). The Labute approximate surface area is 223 Å². The van der Waals surface area contributed by atoms with E-state index in [0.717, 1.165) is 25.1 Å². The number of ketones is 1. The number of ether oxygens (including phenoxy) is 4. The van der Waals surface area contributed by atoms with Gasteiger partial charge in [0.25, 0.3) is 11.7 Å². The molecule has 1 N–H and O–H groups in total. The Morgan fingerprint density at radius 1 is 1.00 bits per heavy atom. The lowest BCUT2D eigenvalue weighted by atomic mass is 9.94. The third kappa shape index (κ3) is 5.63. The molecular formula is C29H36N2O7. The third-order valence-electron chi connectivity index (χ3n) is 6.93. The van der Waals surface area contributed by atoms with E-state index in [1.165, 1.54) is 12.0 Å². The minimum absolute atomic E-state index is 0.0471. The van der Waals surface area contributed by atoms with E-state index in [-0.39, 0.29) is 11.3 Å². The number of carbonyl (C=O) groups excluding carboxylic acids is 2. The number of nitrogens with zero attached hydrogens (tertiary/aromatic N) is 2. The summed E-state index contributed by atoms with van der Waals surface area (Å²) in [7, 11) is 3.07. The van der Waals surface area contributed by atoms with E-state index < -0.39 is 17.7 Å². The van der Waals surface area contributed by atoms with Crippen molar-refractivity contribution >= 4 is 17.4 Å². The minimum atomic E-state index is -0.785. The maximum absolute atomic E-state index is 13.4. The van der Waals surface area contributed by atoms with E-state index in [9.17, 15) is 14.7 Å². The molecule has 0 aliphatic carbocycles. The molecule has 1 unspecified atom stereocenters. The van der Waals surface area contributed by atoms with Crippen LogP contribution >= 0.6 is 0 Å². The van der Waals surface area contributed by atoms with E-state index in [1.54, 1.807) is 43.5 Å². The topological polar surface area (TPSA) is 97.8 Å². The van der Waals surface area contributed by atoms with Crippen molar-refractivity contribution in [3.05, 3.63) is 58.7 Å². The summed E-state index contributed by atoms with van der Waals surface area (Å²) in [5, 5.41) is 11.4. The zero-order valence-corrected chi connectivity index (χ0v) is 22.5. The fourth-order valence-corrected chi connectivity index (χ4v) is 4.88. The van der Waals surface area contributed by atoms with Gasteiger partial charge in [0, 0.05) is 31.7 Å². The van der Waals surface area contributed by atoms with Gasteiger partial charge in [0.05, 0.1) is 45.7 Å². The van der Waals surface area contributed by atoms with Crippen molar-refractivity contribution in [2.24, 2.45) is 0 Å². The average molecular weight is 525 g/mol. The zero-order valence-electron chi connectivity index (χ0n) is 22.5. The molecule has 2 aromatic rings. The molecule has 38 heavy (non-hydrogen) atoms. The fraction of sp³-hybridized carbons (Fsp3) is 0.448. The second-order valence-electron chi connectivity index (χ2n) is 9.39. The molecule has 2 aliphatic rings. The molecule has 2 heterocycles. The summed E-state index contributed by atoms with van der Waals surface area (Å²) in [4.78, 5) is 30.5. The van der Waals surface area contributed by atoms with Gasteiger partial charge in [-0.2, -0.15) is 0 Å². The second-order valence-corrected chi connectivity index (χ2v) is 9.39. The van der Waals surface area contributed by atoms with E-state index in [2.05, 4.69) is 4.90 Å².